The van der Waals surface area contributed by atoms with Gasteiger partial charge in [-0.05, 0) is 13.3 Å². The molecule has 0 unspecified atom stereocenters. The van der Waals surface area contributed by atoms with Crippen molar-refractivity contribution in [3.05, 3.63) is 24.3 Å². The number of nitriles is 2. The van der Waals surface area contributed by atoms with Crippen LogP contribution in [0, 0.1) is 22.7 Å². The maximum absolute atomic E-state index is 7.90. The minimum Gasteiger partial charge on any atom is -0.198 e. The van der Waals surface area contributed by atoms with Gasteiger partial charge in [-0.25, -0.2) is 0 Å². The van der Waals surface area contributed by atoms with Gasteiger partial charge in [0.05, 0.1) is 18.6 Å². The highest BCUT2D eigenvalue weighted by molar-refractivity contribution is 5.00. The zero-order chi connectivity index (χ0) is 9.66. The molecule has 0 atom stereocenters. The fourth-order valence-corrected chi connectivity index (χ4v) is 0.341. The molecule has 0 bridgehead atoms. The van der Waals surface area contributed by atoms with Crippen LogP contribution in [0.5, 0.6) is 0 Å². The maximum atomic E-state index is 7.90. The number of rotatable bonds is 2. The maximum Gasteiger partial charge on any atom is 0.0908 e. The van der Waals surface area contributed by atoms with Gasteiger partial charge in [0.15, 0.2) is 0 Å². The minimum absolute atomic E-state index is 0.538. The van der Waals surface area contributed by atoms with Crippen molar-refractivity contribution in [2.45, 2.75) is 26.7 Å². The third-order valence-corrected chi connectivity index (χ3v) is 0.873. The molecule has 0 N–H and O–H groups in total. The number of nitrogens with zero attached hydrogens (tertiary/aromatic N) is 2. The molecule has 12 heavy (non-hydrogen) atoms. The van der Waals surface area contributed by atoms with Gasteiger partial charge in [-0.1, -0.05) is 25.2 Å². The Balaban J connectivity index is 0. The van der Waals surface area contributed by atoms with Crippen molar-refractivity contribution in [3.8, 4) is 12.1 Å². The molecule has 0 aliphatic rings. The van der Waals surface area contributed by atoms with E-state index in [9.17, 15) is 0 Å². The van der Waals surface area contributed by atoms with Gasteiger partial charge in [0.25, 0.3) is 0 Å². The smallest absolute Gasteiger partial charge is 0.0908 e. The van der Waals surface area contributed by atoms with Crippen LogP contribution >= 0.6 is 0 Å². The predicted molar refractivity (Wildman–Crippen MR) is 50.1 cm³/mol. The van der Waals surface area contributed by atoms with Crippen LogP contribution < -0.4 is 0 Å². The van der Waals surface area contributed by atoms with E-state index in [0.717, 1.165) is 6.42 Å². The molecule has 0 heterocycles. The lowest BCUT2D eigenvalue weighted by molar-refractivity contribution is 1.22. The van der Waals surface area contributed by atoms with E-state index in [2.05, 4.69) is 0 Å². The van der Waals surface area contributed by atoms with Crippen LogP contribution in [0.15, 0.2) is 24.3 Å². The lowest BCUT2D eigenvalue weighted by atomic mass is 10.4. The van der Waals surface area contributed by atoms with E-state index in [1.807, 2.05) is 44.2 Å². The summed E-state index contributed by atoms with van der Waals surface area (Å²) in [6, 6.07) is 3.87. The third-order valence-electron chi connectivity index (χ3n) is 0.873. The van der Waals surface area contributed by atoms with Crippen molar-refractivity contribution >= 4 is 0 Å². The molecule has 0 aromatic rings. The molecule has 0 spiro atoms. The summed E-state index contributed by atoms with van der Waals surface area (Å²) in [5.74, 6) is 0. The summed E-state index contributed by atoms with van der Waals surface area (Å²) >= 11 is 0. The summed E-state index contributed by atoms with van der Waals surface area (Å²) in [7, 11) is 0. The molecule has 2 nitrogen and oxygen atoms in total. The molecule has 0 radical (unpaired) electrons. The molecular formula is C10H14N2. The van der Waals surface area contributed by atoms with Gasteiger partial charge < -0.3 is 0 Å². The average molecular weight is 162 g/mol. The normalized spacial score (nSPS) is 8.67. The molecule has 0 saturated carbocycles. The highest BCUT2D eigenvalue weighted by Gasteiger charge is 1.61. The van der Waals surface area contributed by atoms with Gasteiger partial charge in [0.1, 0.15) is 0 Å². The molecule has 64 valence electrons. The van der Waals surface area contributed by atoms with Crippen molar-refractivity contribution in [1.29, 1.82) is 10.5 Å². The molecule has 0 aliphatic heterocycles. The molecule has 0 fully saturated rings. The summed E-state index contributed by atoms with van der Waals surface area (Å²) in [4.78, 5) is 0. The van der Waals surface area contributed by atoms with Crippen LogP contribution in [0.4, 0.5) is 0 Å². The predicted octanol–water partition coefficient (Wildman–Crippen LogP) is 2.95. The lowest BCUT2D eigenvalue weighted by Crippen LogP contribution is -1.49. The Kier molecular flexibility index (Phi) is 17.7. The van der Waals surface area contributed by atoms with E-state index < -0.39 is 0 Å². The number of hydrogen-bond donors (Lipinski definition) is 0. The van der Waals surface area contributed by atoms with Gasteiger partial charge in [-0.15, -0.1) is 0 Å². The van der Waals surface area contributed by atoms with Crippen LogP contribution in [0.1, 0.15) is 26.7 Å². The first-order valence-corrected chi connectivity index (χ1v) is 3.86. The van der Waals surface area contributed by atoms with E-state index in [1.165, 1.54) is 6.08 Å². The highest BCUT2D eigenvalue weighted by Crippen LogP contribution is 1.74. The van der Waals surface area contributed by atoms with Crippen LogP contribution in [0.2, 0.25) is 0 Å². The topological polar surface area (TPSA) is 47.6 Å². The summed E-state index contributed by atoms with van der Waals surface area (Å²) in [5, 5.41) is 15.8. The van der Waals surface area contributed by atoms with E-state index >= 15 is 0 Å². The average Bonchev–Trinajstić information content (AvgIpc) is 2.12. The third kappa shape index (κ3) is 23.7. The number of allylic oxidation sites excluding steroid dienone is 4. The minimum atomic E-state index is 0.538. The van der Waals surface area contributed by atoms with Gasteiger partial charge in [-0.3, -0.25) is 0 Å². The van der Waals surface area contributed by atoms with Crippen molar-refractivity contribution in [2.75, 3.05) is 0 Å². The molecule has 0 rings (SSSR count). The van der Waals surface area contributed by atoms with Gasteiger partial charge >= 0.3 is 0 Å². The van der Waals surface area contributed by atoms with E-state index in [4.69, 9.17) is 10.5 Å². The summed E-state index contributed by atoms with van der Waals surface area (Å²) < 4.78 is 0. The fourth-order valence-electron chi connectivity index (χ4n) is 0.341. The molecular weight excluding hydrogens is 148 g/mol. The molecule has 0 aliphatic carbocycles. The standard InChI is InChI=1S/2C5H7N/c2*1-2-3-4-5-6/h3-4H,2H2,1H3;2-3H,4H2,1H3. The van der Waals surface area contributed by atoms with Crippen LogP contribution in [0.25, 0.3) is 0 Å². The van der Waals surface area contributed by atoms with Gasteiger partial charge in [0.2, 0.25) is 0 Å². The summed E-state index contributed by atoms with van der Waals surface area (Å²) in [6.45, 7) is 3.89. The van der Waals surface area contributed by atoms with Crippen LogP contribution in [-0.4, -0.2) is 0 Å². The van der Waals surface area contributed by atoms with E-state index in [0.29, 0.717) is 6.42 Å². The lowest BCUT2D eigenvalue weighted by Gasteiger charge is -1.63. The van der Waals surface area contributed by atoms with Gasteiger partial charge in [-0.2, -0.15) is 10.5 Å². The highest BCUT2D eigenvalue weighted by atomic mass is 14.2. The number of hydrogen-bond acceptors (Lipinski definition) is 2. The summed E-state index contributed by atoms with van der Waals surface area (Å²) in [6.07, 6.45) is 8.48. The second-order valence-corrected chi connectivity index (χ2v) is 1.87. The summed E-state index contributed by atoms with van der Waals surface area (Å²) in [5.41, 5.74) is 0. The molecule has 2 heteroatoms. The molecule has 0 aromatic carbocycles. The quantitative estimate of drug-likeness (QED) is 0.463. The Labute approximate surface area is 74.4 Å². The second kappa shape index (κ2) is 16.2. The zero-order valence-corrected chi connectivity index (χ0v) is 7.62. The zero-order valence-electron chi connectivity index (χ0n) is 7.62. The monoisotopic (exact) mass is 162 g/mol. The van der Waals surface area contributed by atoms with Crippen molar-refractivity contribution in [2.24, 2.45) is 0 Å². The molecule has 0 saturated heterocycles. The Bertz CT molecular complexity index is 201. The first-order chi connectivity index (χ1) is 5.83. The van der Waals surface area contributed by atoms with E-state index in [-0.39, 0.29) is 0 Å². The SMILES string of the molecule is CC=CCC#N.CCC=CC#N. The van der Waals surface area contributed by atoms with Crippen LogP contribution in [0.3, 0.4) is 0 Å². The first kappa shape index (κ1) is 13.1. The van der Waals surface area contributed by atoms with Crippen molar-refractivity contribution in [1.82, 2.24) is 0 Å². The Morgan fingerprint density at radius 3 is 2.08 bits per heavy atom. The van der Waals surface area contributed by atoms with Crippen molar-refractivity contribution < 1.29 is 0 Å². The Hall–Kier alpha value is -1.54. The second-order valence-electron chi connectivity index (χ2n) is 1.87. The van der Waals surface area contributed by atoms with E-state index in [1.54, 1.807) is 0 Å². The first-order valence-electron chi connectivity index (χ1n) is 3.86. The molecule has 0 amide bonds. The largest absolute Gasteiger partial charge is 0.198 e. The van der Waals surface area contributed by atoms with Gasteiger partial charge in [0, 0.05) is 6.08 Å². The Morgan fingerprint density at radius 2 is 1.92 bits per heavy atom. The molecule has 0 aromatic heterocycles. The fraction of sp³-hybridized carbons (Fsp3) is 0.400. The van der Waals surface area contributed by atoms with Crippen LogP contribution in [-0.2, 0) is 0 Å². The Morgan fingerprint density at radius 1 is 1.25 bits per heavy atom. The van der Waals surface area contributed by atoms with Crippen molar-refractivity contribution in [3.63, 3.8) is 0 Å².